The molecular formula is C82H101F2N9O19. The molecule has 30 heteroatoms. The van der Waals surface area contributed by atoms with Crippen molar-refractivity contribution in [3.8, 4) is 11.8 Å². The second kappa shape index (κ2) is 38.1. The number of Topliss-reactive ketones (excluding diaryl/α,β-unsaturated/α-hetero) is 1. The maximum absolute atomic E-state index is 18.2. The van der Waals surface area contributed by atoms with Crippen molar-refractivity contribution in [3.05, 3.63) is 154 Å². The number of nitrogens with two attached hydrogens (primary N) is 1. The number of benzene rings is 4. The summed E-state index contributed by atoms with van der Waals surface area (Å²) in [6.45, 7) is 11.8. The molecule has 10 N–H and O–H groups in total. The number of aliphatic hydroxyl groups is 1. The fourth-order valence-electron chi connectivity index (χ4n) is 15.8. The second-order valence-electron chi connectivity index (χ2n) is 29.6. The summed E-state index contributed by atoms with van der Waals surface area (Å²) in [5, 5.41) is 31.5. The lowest BCUT2D eigenvalue weighted by Gasteiger charge is -2.66. The number of urea groups is 1. The van der Waals surface area contributed by atoms with Gasteiger partial charge in [-0.05, 0) is 129 Å². The number of nitrogens with zero attached hydrogens (tertiary/aromatic N) is 1. The molecule has 4 aromatic rings. The number of alkyl carbamates (subject to hydrolysis) is 1. The zero-order chi connectivity index (χ0) is 80.4. The highest BCUT2D eigenvalue weighted by atomic mass is 19.1. The van der Waals surface area contributed by atoms with Crippen LogP contribution in [-0.4, -0.2) is 191 Å². The van der Waals surface area contributed by atoms with Gasteiger partial charge in [0.2, 0.25) is 35.3 Å². The number of allylic oxidation sites excluding steroid dienone is 4. The van der Waals surface area contributed by atoms with Crippen LogP contribution >= 0.6 is 0 Å². The van der Waals surface area contributed by atoms with Crippen molar-refractivity contribution in [2.24, 2.45) is 28.4 Å². The first-order chi connectivity index (χ1) is 53.6. The van der Waals surface area contributed by atoms with Crippen LogP contribution in [0.15, 0.2) is 121 Å². The van der Waals surface area contributed by atoms with E-state index in [2.05, 4.69) is 49.1 Å². The molecule has 8 amide bonds. The van der Waals surface area contributed by atoms with Crippen molar-refractivity contribution in [1.29, 1.82) is 0 Å². The molecule has 0 radical (unpaired) electrons. The van der Waals surface area contributed by atoms with E-state index in [1.165, 1.54) is 31.2 Å². The SMILES string of the molecule is CCCC1O[C@@H]2N[C@]3(C)[C@@H]4C[C@H](F)C5=CC(=O)C=C[C@]5(C)[C@@]4(F)[C@@H](O)C[C@]3(C)[C@]2(C(=O)COC(=O)c2ccc(CNC(=O)OCc3ccc(NC(=O)[C@H](CCCNC(N)=O)NC(=O)[C@@H](NC(=O)CCOCCOCCOCCOCCNC(=O)CCC(=O)N4Cc5ccccc5C#Cc5ccccc54)C(C)C)cc3)cc2)O1. The number of hydrogen-bond acceptors (Lipinski definition) is 20. The molecule has 3 aliphatic heterocycles. The number of rotatable bonds is 38. The van der Waals surface area contributed by atoms with E-state index in [9.17, 15) is 53.1 Å². The molecule has 0 aromatic heterocycles. The van der Waals surface area contributed by atoms with Gasteiger partial charge in [0.05, 0.1) is 76.8 Å². The minimum absolute atomic E-state index is 0.0107. The number of carbonyl (C=O) groups is 10. The van der Waals surface area contributed by atoms with Crippen molar-refractivity contribution in [3.63, 3.8) is 0 Å². The Morgan fingerprint density at radius 2 is 1.41 bits per heavy atom. The molecule has 1 unspecified atom stereocenters. The fraction of sp³-hybridized carbons (Fsp3) is 0.512. The van der Waals surface area contributed by atoms with Gasteiger partial charge in [0.25, 0.3) is 0 Å². The van der Waals surface area contributed by atoms with Gasteiger partial charge in [-0.25, -0.2) is 23.2 Å². The Bertz CT molecular complexity index is 4210. The number of nitrogens with one attached hydrogen (secondary N) is 7. The Balaban J connectivity index is 0.590. The van der Waals surface area contributed by atoms with E-state index in [1.54, 1.807) is 69.0 Å². The van der Waals surface area contributed by atoms with Crippen LogP contribution in [0.25, 0.3) is 0 Å². The molecule has 2 saturated heterocycles. The molecule has 112 heavy (non-hydrogen) atoms. The lowest BCUT2D eigenvalue weighted by atomic mass is 9.41. The standard InChI is InChI=1S/C82H101F2N9O19/c1-7-13-70-111-75-82(112-70,79(5)46-65(95)81(84)64(80(79,6)92-75)45-61(83)60-44-59(94)31-33-78(60,81)4)66(96)50-109-74(102)56-23-19-52(20-24-56)47-88-77(104)110-49-53-21-27-58(28-22-53)89-72(100)62(17-12-34-87-76(85)103)90-73(101)71(51(2)3)91-68(98)32-36-105-38-40-107-42-43-108-41-39-106-37-35-86-67(97)29-30-69(99)93-48-57-16-9-8-14-54(57)25-26-55-15-10-11-18-63(55)93/h8-11,14-16,18-24,27-28,31,33,44,51,61-62,64-65,70-71,75,92,95H,7,12-13,17,29-30,32,34-43,45-50H2,1-6H3,(H,86,97)(H,88,104)(H,89,100)(H,90,101)(H,91,98)(H3,85,87,103)/t61-,62-,64-,65-,70?,71-,75-,78-,79-,80+,81-,82+/m0/s1. The molecule has 12 atom stereocenters. The first kappa shape index (κ1) is 84.6. The number of amides is 8. The smallest absolute Gasteiger partial charge is 0.407 e. The number of halogens is 2. The molecule has 3 aliphatic carbocycles. The first-order valence-electron chi connectivity index (χ1n) is 38.0. The molecule has 3 heterocycles. The van der Waals surface area contributed by atoms with Crippen molar-refractivity contribution in [2.75, 3.05) is 82.8 Å². The normalized spacial score (nSPS) is 24.9. The topological polar surface area (TPSA) is 378 Å². The highest BCUT2D eigenvalue weighted by Gasteiger charge is 2.84. The molecule has 6 aliphatic rings. The van der Waals surface area contributed by atoms with E-state index in [4.69, 9.17) is 43.6 Å². The highest BCUT2D eigenvalue weighted by Crippen LogP contribution is 2.71. The monoisotopic (exact) mass is 1550 g/mol. The number of anilines is 2. The average molecular weight is 1550 g/mol. The van der Waals surface area contributed by atoms with Crippen LogP contribution in [0.3, 0.4) is 0 Å². The molecule has 0 spiro atoms. The van der Waals surface area contributed by atoms with Gasteiger partial charge in [-0.2, -0.15) is 0 Å². The van der Waals surface area contributed by atoms with Gasteiger partial charge >= 0.3 is 18.1 Å². The van der Waals surface area contributed by atoms with Crippen molar-refractivity contribution in [1.82, 2.24) is 31.9 Å². The van der Waals surface area contributed by atoms with E-state index < -0.39 is 137 Å². The maximum atomic E-state index is 18.2. The summed E-state index contributed by atoms with van der Waals surface area (Å²) >= 11 is 0. The summed E-state index contributed by atoms with van der Waals surface area (Å²) in [5.41, 5.74) is 0.982. The lowest BCUT2D eigenvalue weighted by molar-refractivity contribution is -0.242. The lowest BCUT2D eigenvalue weighted by Crippen LogP contribution is -2.77. The number of fused-ring (bicyclic) bond motifs is 9. The minimum atomic E-state index is -2.49. The molecule has 602 valence electrons. The van der Waals surface area contributed by atoms with Gasteiger partial charge in [0, 0.05) is 78.0 Å². The quantitative estimate of drug-likeness (QED) is 0.0129. The second-order valence-corrected chi connectivity index (χ2v) is 29.6. The zero-order valence-electron chi connectivity index (χ0n) is 63.9. The van der Waals surface area contributed by atoms with Crippen LogP contribution in [0, 0.1) is 34.5 Å². The molecule has 28 nitrogen and oxygen atoms in total. The fourth-order valence-corrected chi connectivity index (χ4v) is 15.8. The van der Waals surface area contributed by atoms with Crippen molar-refractivity contribution >= 4 is 70.6 Å². The van der Waals surface area contributed by atoms with Gasteiger partial charge in [-0.1, -0.05) is 107 Å². The van der Waals surface area contributed by atoms with Crippen LogP contribution in [0.5, 0.6) is 0 Å². The number of para-hydroxylation sites is 1. The number of primary amides is 1. The van der Waals surface area contributed by atoms with E-state index in [-0.39, 0.29) is 127 Å². The van der Waals surface area contributed by atoms with Gasteiger partial charge in [0.15, 0.2) is 29.9 Å². The van der Waals surface area contributed by atoms with Crippen LogP contribution in [-0.2, 0) is 91.2 Å². The largest absolute Gasteiger partial charge is 0.454 e. The summed E-state index contributed by atoms with van der Waals surface area (Å²) in [5.74, 6) is 0.556. The number of aliphatic hydroxyl groups excluding tert-OH is 1. The molecule has 0 bridgehead atoms. The van der Waals surface area contributed by atoms with Crippen LogP contribution < -0.4 is 47.9 Å². The van der Waals surface area contributed by atoms with Gasteiger partial charge in [0.1, 0.15) is 31.1 Å². The summed E-state index contributed by atoms with van der Waals surface area (Å²) in [4.78, 5) is 134. The van der Waals surface area contributed by atoms with Crippen molar-refractivity contribution in [2.45, 2.75) is 173 Å². The number of esters is 1. The van der Waals surface area contributed by atoms with Crippen LogP contribution in [0.2, 0.25) is 0 Å². The highest BCUT2D eigenvalue weighted by molar-refractivity contribution is 6.02. The summed E-state index contributed by atoms with van der Waals surface area (Å²) < 4.78 is 80.7. The number of alkyl halides is 2. The van der Waals surface area contributed by atoms with Gasteiger partial charge in [-0.3, -0.25) is 38.9 Å². The Labute approximate surface area is 649 Å². The predicted octanol–water partition coefficient (Wildman–Crippen LogP) is 6.66. The Kier molecular flexibility index (Phi) is 28.8. The zero-order valence-corrected chi connectivity index (χ0v) is 63.9. The molecule has 2 saturated carbocycles. The van der Waals surface area contributed by atoms with Crippen LogP contribution in [0.4, 0.5) is 29.7 Å². The Morgan fingerprint density at radius 1 is 0.750 bits per heavy atom. The molecule has 4 aromatic carbocycles. The Hall–Kier alpha value is -9.84. The number of carbonyl (C=O) groups excluding carboxylic acids is 10. The van der Waals surface area contributed by atoms with E-state index in [0.717, 1.165) is 22.8 Å². The number of hydrogen-bond donors (Lipinski definition) is 9. The summed E-state index contributed by atoms with van der Waals surface area (Å²) in [6, 6.07) is 24.7. The van der Waals surface area contributed by atoms with Gasteiger partial charge in [-0.15, -0.1) is 0 Å². The van der Waals surface area contributed by atoms with E-state index in [0.29, 0.717) is 55.1 Å². The van der Waals surface area contributed by atoms with Gasteiger partial charge < -0.3 is 85.5 Å². The third-order valence-corrected chi connectivity index (χ3v) is 22.0. The molecule has 4 fully saturated rings. The summed E-state index contributed by atoms with van der Waals surface area (Å²) in [7, 11) is 0. The minimum Gasteiger partial charge on any atom is -0.454 e. The maximum Gasteiger partial charge on any atom is 0.407 e. The Morgan fingerprint density at radius 3 is 2.11 bits per heavy atom. The average Bonchev–Trinajstić information content (AvgIpc) is 1.44. The van der Waals surface area contributed by atoms with E-state index in [1.807, 2.05) is 55.5 Å². The first-order valence-corrected chi connectivity index (χ1v) is 38.0. The van der Waals surface area contributed by atoms with Crippen LogP contribution in [0.1, 0.15) is 138 Å². The molecule has 10 rings (SSSR count). The van der Waals surface area contributed by atoms with E-state index >= 15 is 8.78 Å². The van der Waals surface area contributed by atoms with Crippen molar-refractivity contribution < 1.29 is 99.7 Å². The number of ketones is 2. The third-order valence-electron chi connectivity index (χ3n) is 22.0. The molecular weight excluding hydrogens is 1450 g/mol. The number of ether oxygens (including phenoxy) is 8. The predicted molar refractivity (Wildman–Crippen MR) is 404 cm³/mol. The third kappa shape index (κ3) is 19.4. The summed E-state index contributed by atoms with van der Waals surface area (Å²) in [6.07, 6.45) is -2.20.